The molecule has 0 aliphatic carbocycles. The first-order valence-corrected chi connectivity index (χ1v) is 5.46. The van der Waals surface area contributed by atoms with Crippen molar-refractivity contribution < 1.29 is 9.21 Å². The van der Waals surface area contributed by atoms with Crippen LogP contribution in [0.4, 0.5) is 0 Å². The molecular formula is C12H13N3O3. The minimum Gasteiger partial charge on any atom is -0.444 e. The number of rotatable bonds is 3. The minimum absolute atomic E-state index is 0.185. The molecule has 2 N–H and O–H groups in total. The third kappa shape index (κ3) is 2.65. The number of carbonyl (C=O) groups excluding carboxylic acids is 1. The van der Waals surface area contributed by atoms with Crippen molar-refractivity contribution in [3.8, 4) is 0 Å². The predicted molar refractivity (Wildman–Crippen MR) is 64.2 cm³/mol. The second-order valence-electron chi connectivity index (χ2n) is 3.86. The maximum atomic E-state index is 11.7. The van der Waals surface area contributed by atoms with Crippen molar-refractivity contribution in [2.45, 2.75) is 20.4 Å². The summed E-state index contributed by atoms with van der Waals surface area (Å²) >= 11 is 0. The van der Waals surface area contributed by atoms with Crippen LogP contribution in [-0.4, -0.2) is 15.9 Å². The Morgan fingerprint density at radius 3 is 2.83 bits per heavy atom. The van der Waals surface area contributed by atoms with Crippen molar-refractivity contribution in [1.29, 1.82) is 0 Å². The summed E-state index contributed by atoms with van der Waals surface area (Å²) in [6.07, 6.45) is 0. The predicted octanol–water partition coefficient (Wildman–Crippen LogP) is 0.910. The van der Waals surface area contributed by atoms with Gasteiger partial charge in [-0.3, -0.25) is 9.59 Å². The summed E-state index contributed by atoms with van der Waals surface area (Å²) in [5.41, 5.74) is 0.695. The van der Waals surface area contributed by atoms with Crippen LogP contribution in [0.25, 0.3) is 0 Å². The van der Waals surface area contributed by atoms with Crippen LogP contribution in [0.2, 0.25) is 0 Å². The van der Waals surface area contributed by atoms with E-state index in [1.807, 2.05) is 13.8 Å². The van der Waals surface area contributed by atoms with E-state index in [1.165, 1.54) is 18.2 Å². The molecule has 0 fully saturated rings. The van der Waals surface area contributed by atoms with Crippen molar-refractivity contribution in [1.82, 2.24) is 15.3 Å². The van der Waals surface area contributed by atoms with Crippen LogP contribution in [0, 0.1) is 13.8 Å². The van der Waals surface area contributed by atoms with Crippen molar-refractivity contribution >= 4 is 5.91 Å². The molecule has 0 bridgehead atoms. The molecule has 6 heteroatoms. The molecule has 6 nitrogen and oxygen atoms in total. The summed E-state index contributed by atoms with van der Waals surface area (Å²) in [6.45, 7) is 3.83. The Morgan fingerprint density at radius 2 is 2.22 bits per heavy atom. The van der Waals surface area contributed by atoms with Crippen LogP contribution < -0.4 is 10.9 Å². The molecule has 0 spiro atoms. The van der Waals surface area contributed by atoms with E-state index in [0.29, 0.717) is 5.89 Å². The molecule has 0 aromatic carbocycles. The molecule has 0 saturated carbocycles. The molecule has 2 aromatic rings. The number of amides is 1. The topological polar surface area (TPSA) is 88.0 Å². The first-order chi connectivity index (χ1) is 8.56. The van der Waals surface area contributed by atoms with Crippen molar-refractivity contribution in [2.75, 3.05) is 0 Å². The molecule has 0 unspecified atom stereocenters. The van der Waals surface area contributed by atoms with E-state index in [0.717, 1.165) is 11.5 Å². The highest BCUT2D eigenvalue weighted by atomic mass is 16.4. The maximum Gasteiger partial charge on any atom is 0.268 e. The average molecular weight is 247 g/mol. The highest BCUT2D eigenvalue weighted by Crippen LogP contribution is 2.07. The summed E-state index contributed by atoms with van der Waals surface area (Å²) in [7, 11) is 0. The molecule has 1 amide bonds. The molecule has 0 radical (unpaired) electrons. The standard InChI is InChI=1S/C12H13N3O3/c1-7-8(2)18-11(14-7)6-13-12(17)9-4-3-5-10(16)15-9/h3-5H,6H2,1-2H3,(H,13,17)(H,15,16). The van der Waals surface area contributed by atoms with Gasteiger partial charge in [-0.2, -0.15) is 0 Å². The van der Waals surface area contributed by atoms with Crippen molar-refractivity contribution in [2.24, 2.45) is 0 Å². The summed E-state index contributed by atoms with van der Waals surface area (Å²) in [5.74, 6) is 0.796. The van der Waals surface area contributed by atoms with Gasteiger partial charge >= 0.3 is 0 Å². The third-order valence-electron chi connectivity index (χ3n) is 2.49. The number of carbonyl (C=O) groups is 1. The average Bonchev–Trinajstić information content (AvgIpc) is 2.66. The van der Waals surface area contributed by atoms with Crippen molar-refractivity contribution in [3.05, 3.63) is 51.6 Å². The van der Waals surface area contributed by atoms with Gasteiger partial charge in [-0.25, -0.2) is 4.98 Å². The van der Waals surface area contributed by atoms with Gasteiger partial charge in [0.05, 0.1) is 12.2 Å². The fraction of sp³-hybridized carbons (Fsp3) is 0.250. The Hall–Kier alpha value is -2.37. The van der Waals surface area contributed by atoms with E-state index < -0.39 is 0 Å². The highest BCUT2D eigenvalue weighted by Gasteiger charge is 2.09. The number of nitrogens with one attached hydrogen (secondary N) is 2. The summed E-state index contributed by atoms with van der Waals surface area (Å²) in [5, 5.41) is 2.62. The number of hydrogen-bond donors (Lipinski definition) is 2. The fourth-order valence-electron chi connectivity index (χ4n) is 1.45. The molecule has 0 saturated heterocycles. The van der Waals surface area contributed by atoms with Gasteiger partial charge in [0.25, 0.3) is 5.91 Å². The number of H-pyrrole nitrogens is 1. The Labute approximate surface area is 103 Å². The van der Waals surface area contributed by atoms with Gasteiger partial charge in [-0.15, -0.1) is 0 Å². The number of pyridine rings is 1. The van der Waals surface area contributed by atoms with E-state index in [1.54, 1.807) is 0 Å². The van der Waals surface area contributed by atoms with Gasteiger partial charge in [0.2, 0.25) is 11.4 Å². The Morgan fingerprint density at radius 1 is 1.44 bits per heavy atom. The van der Waals surface area contributed by atoms with Crippen LogP contribution in [0.3, 0.4) is 0 Å². The fourth-order valence-corrected chi connectivity index (χ4v) is 1.45. The monoisotopic (exact) mass is 247 g/mol. The third-order valence-corrected chi connectivity index (χ3v) is 2.49. The lowest BCUT2D eigenvalue weighted by Crippen LogP contribution is -2.25. The number of oxazole rings is 1. The Bertz CT molecular complexity index is 608. The van der Waals surface area contributed by atoms with Gasteiger partial charge in [0, 0.05) is 6.07 Å². The molecule has 2 aromatic heterocycles. The van der Waals surface area contributed by atoms with E-state index in [9.17, 15) is 9.59 Å². The lowest BCUT2D eigenvalue weighted by molar-refractivity contribution is 0.0942. The first kappa shape index (κ1) is 12.1. The zero-order valence-corrected chi connectivity index (χ0v) is 10.1. The lowest BCUT2D eigenvalue weighted by atomic mass is 10.3. The number of nitrogens with zero attached hydrogens (tertiary/aromatic N) is 1. The molecule has 0 aliphatic heterocycles. The van der Waals surface area contributed by atoms with Crippen LogP contribution in [0.1, 0.15) is 27.8 Å². The normalized spacial score (nSPS) is 10.3. The lowest BCUT2D eigenvalue weighted by Gasteiger charge is -2.01. The Balaban J connectivity index is 2.02. The highest BCUT2D eigenvalue weighted by molar-refractivity contribution is 5.91. The number of aromatic nitrogens is 2. The van der Waals surface area contributed by atoms with Gasteiger partial charge in [-0.05, 0) is 19.9 Å². The van der Waals surface area contributed by atoms with Gasteiger partial charge < -0.3 is 14.7 Å². The zero-order valence-electron chi connectivity index (χ0n) is 10.1. The summed E-state index contributed by atoms with van der Waals surface area (Å²) in [4.78, 5) is 29.3. The molecule has 18 heavy (non-hydrogen) atoms. The molecule has 2 rings (SSSR count). The van der Waals surface area contributed by atoms with Gasteiger partial charge in [0.1, 0.15) is 11.5 Å². The van der Waals surface area contributed by atoms with Crippen molar-refractivity contribution in [3.63, 3.8) is 0 Å². The maximum absolute atomic E-state index is 11.7. The van der Waals surface area contributed by atoms with Gasteiger partial charge in [0.15, 0.2) is 0 Å². The number of aromatic amines is 1. The minimum atomic E-state index is -0.374. The largest absolute Gasteiger partial charge is 0.444 e. The van der Waals surface area contributed by atoms with Gasteiger partial charge in [-0.1, -0.05) is 6.07 Å². The zero-order chi connectivity index (χ0) is 13.1. The molecule has 2 heterocycles. The Kier molecular flexibility index (Phi) is 3.27. The molecular weight excluding hydrogens is 234 g/mol. The van der Waals surface area contributed by atoms with E-state index in [-0.39, 0.29) is 23.7 Å². The first-order valence-electron chi connectivity index (χ1n) is 5.46. The van der Waals surface area contributed by atoms with Crippen LogP contribution in [-0.2, 0) is 6.54 Å². The van der Waals surface area contributed by atoms with E-state index in [4.69, 9.17) is 4.42 Å². The number of aryl methyl sites for hydroxylation is 2. The number of hydrogen-bond acceptors (Lipinski definition) is 4. The second-order valence-corrected chi connectivity index (χ2v) is 3.86. The quantitative estimate of drug-likeness (QED) is 0.843. The smallest absolute Gasteiger partial charge is 0.268 e. The van der Waals surface area contributed by atoms with E-state index in [2.05, 4.69) is 15.3 Å². The van der Waals surface area contributed by atoms with Crippen LogP contribution >= 0.6 is 0 Å². The molecule has 0 atom stereocenters. The SMILES string of the molecule is Cc1nc(CNC(=O)c2cccc(=O)[nH]2)oc1C. The van der Waals surface area contributed by atoms with Crippen LogP contribution in [0.5, 0.6) is 0 Å². The molecule has 94 valence electrons. The summed E-state index contributed by atoms with van der Waals surface area (Å²) in [6, 6.07) is 4.40. The van der Waals surface area contributed by atoms with Crippen LogP contribution in [0.15, 0.2) is 27.4 Å². The molecule has 0 aliphatic rings. The van der Waals surface area contributed by atoms with E-state index >= 15 is 0 Å². The summed E-state index contributed by atoms with van der Waals surface area (Å²) < 4.78 is 5.33. The second kappa shape index (κ2) is 4.87.